The standard InChI is InChI=1S/C14H21N3O2/c1-14(2)7-8-16(10-14)9-11-5-4-6-12(17(18)19)13(11)15-3/h4-6,15H,7-10H2,1-3H3. The quantitative estimate of drug-likeness (QED) is 0.670. The van der Waals surface area contributed by atoms with E-state index in [-0.39, 0.29) is 10.6 Å². The zero-order valence-corrected chi connectivity index (χ0v) is 11.8. The van der Waals surface area contributed by atoms with Crippen LogP contribution in [-0.2, 0) is 6.54 Å². The number of hydrogen-bond acceptors (Lipinski definition) is 4. The number of para-hydroxylation sites is 1. The van der Waals surface area contributed by atoms with Crippen molar-refractivity contribution in [3.8, 4) is 0 Å². The Balaban J connectivity index is 2.21. The second-order valence-corrected chi connectivity index (χ2v) is 5.94. The number of likely N-dealkylation sites (tertiary alicyclic amines) is 1. The molecule has 0 atom stereocenters. The summed E-state index contributed by atoms with van der Waals surface area (Å²) in [6.07, 6.45) is 1.18. The van der Waals surface area contributed by atoms with Crippen molar-refractivity contribution in [2.24, 2.45) is 5.41 Å². The summed E-state index contributed by atoms with van der Waals surface area (Å²) >= 11 is 0. The number of rotatable bonds is 4. The maximum Gasteiger partial charge on any atom is 0.292 e. The third-order valence-corrected chi connectivity index (χ3v) is 3.73. The Morgan fingerprint density at radius 1 is 1.47 bits per heavy atom. The number of hydrogen-bond donors (Lipinski definition) is 1. The van der Waals surface area contributed by atoms with Gasteiger partial charge in [-0.25, -0.2) is 0 Å². The van der Waals surface area contributed by atoms with Crippen molar-refractivity contribution in [3.05, 3.63) is 33.9 Å². The Bertz CT molecular complexity index is 486. The van der Waals surface area contributed by atoms with Gasteiger partial charge < -0.3 is 5.32 Å². The Hall–Kier alpha value is -1.62. The molecule has 5 nitrogen and oxygen atoms in total. The zero-order chi connectivity index (χ0) is 14.0. The van der Waals surface area contributed by atoms with Crippen molar-refractivity contribution in [3.63, 3.8) is 0 Å². The predicted molar refractivity (Wildman–Crippen MR) is 76.3 cm³/mol. The number of nitrogens with zero attached hydrogens (tertiary/aromatic N) is 2. The van der Waals surface area contributed by atoms with Crippen molar-refractivity contribution in [1.82, 2.24) is 4.90 Å². The van der Waals surface area contributed by atoms with Gasteiger partial charge in [0.05, 0.1) is 4.92 Å². The molecule has 2 rings (SSSR count). The normalized spacial score (nSPS) is 18.5. The summed E-state index contributed by atoms with van der Waals surface area (Å²) in [5.41, 5.74) is 2.13. The minimum Gasteiger partial charge on any atom is -0.382 e. The largest absolute Gasteiger partial charge is 0.382 e. The fourth-order valence-electron chi connectivity index (χ4n) is 2.76. The molecule has 0 aliphatic carbocycles. The maximum absolute atomic E-state index is 11.0. The molecule has 1 N–H and O–H groups in total. The van der Waals surface area contributed by atoms with E-state index in [4.69, 9.17) is 0 Å². The smallest absolute Gasteiger partial charge is 0.292 e. The molecule has 1 aromatic carbocycles. The summed E-state index contributed by atoms with van der Waals surface area (Å²) in [6, 6.07) is 5.27. The van der Waals surface area contributed by atoms with Gasteiger partial charge in [-0.05, 0) is 23.9 Å². The molecule has 0 bridgehead atoms. The van der Waals surface area contributed by atoms with Gasteiger partial charge in [0.15, 0.2) is 0 Å². The molecule has 1 aliphatic heterocycles. The van der Waals surface area contributed by atoms with Crippen LogP contribution in [0.4, 0.5) is 11.4 Å². The highest BCUT2D eigenvalue weighted by Crippen LogP contribution is 2.33. The summed E-state index contributed by atoms with van der Waals surface area (Å²) in [5, 5.41) is 14.0. The first kappa shape index (κ1) is 13.8. The van der Waals surface area contributed by atoms with Crippen LogP contribution < -0.4 is 5.32 Å². The van der Waals surface area contributed by atoms with E-state index < -0.39 is 0 Å². The Labute approximate surface area is 113 Å². The van der Waals surface area contributed by atoms with Gasteiger partial charge in [-0.15, -0.1) is 0 Å². The summed E-state index contributed by atoms with van der Waals surface area (Å²) in [5.74, 6) is 0. The molecule has 1 fully saturated rings. The minimum atomic E-state index is -0.330. The van der Waals surface area contributed by atoms with Crippen LogP contribution >= 0.6 is 0 Å². The first-order valence-corrected chi connectivity index (χ1v) is 6.59. The fraction of sp³-hybridized carbons (Fsp3) is 0.571. The van der Waals surface area contributed by atoms with Gasteiger partial charge >= 0.3 is 0 Å². The first-order chi connectivity index (χ1) is 8.93. The minimum absolute atomic E-state index is 0.151. The second kappa shape index (κ2) is 5.17. The second-order valence-electron chi connectivity index (χ2n) is 5.94. The summed E-state index contributed by atoms with van der Waals surface area (Å²) in [6.45, 7) is 7.39. The van der Waals surface area contributed by atoms with Gasteiger partial charge in [0.2, 0.25) is 0 Å². The third kappa shape index (κ3) is 3.04. The van der Waals surface area contributed by atoms with E-state index in [0.29, 0.717) is 11.1 Å². The molecule has 1 aliphatic rings. The van der Waals surface area contributed by atoms with Gasteiger partial charge in [-0.3, -0.25) is 15.0 Å². The lowest BCUT2D eigenvalue weighted by atomic mass is 9.93. The van der Waals surface area contributed by atoms with Crippen LogP contribution in [-0.4, -0.2) is 30.0 Å². The molecule has 1 heterocycles. The lowest BCUT2D eigenvalue weighted by Gasteiger charge is -2.20. The van der Waals surface area contributed by atoms with Gasteiger partial charge in [0, 0.05) is 26.2 Å². The van der Waals surface area contributed by atoms with Crippen LogP contribution in [0.25, 0.3) is 0 Å². The average molecular weight is 263 g/mol. The molecule has 0 amide bonds. The maximum atomic E-state index is 11.0. The molecule has 0 saturated carbocycles. The van der Waals surface area contributed by atoms with E-state index >= 15 is 0 Å². The summed E-state index contributed by atoms with van der Waals surface area (Å²) in [7, 11) is 1.74. The summed E-state index contributed by atoms with van der Waals surface area (Å²) in [4.78, 5) is 13.1. The predicted octanol–water partition coefficient (Wildman–Crippen LogP) is 2.87. The lowest BCUT2D eigenvalue weighted by Crippen LogP contribution is -2.23. The SMILES string of the molecule is CNc1c(CN2CCC(C)(C)C2)cccc1[N+](=O)[O-]. The molecule has 1 aromatic rings. The Kier molecular flexibility index (Phi) is 3.75. The number of nitrogens with one attached hydrogen (secondary N) is 1. The van der Waals surface area contributed by atoms with Crippen LogP contribution in [0.15, 0.2) is 18.2 Å². The third-order valence-electron chi connectivity index (χ3n) is 3.73. The zero-order valence-electron chi connectivity index (χ0n) is 11.8. The molecular weight excluding hydrogens is 242 g/mol. The Morgan fingerprint density at radius 3 is 2.74 bits per heavy atom. The van der Waals surface area contributed by atoms with Crippen LogP contribution in [0.1, 0.15) is 25.8 Å². The van der Waals surface area contributed by atoms with Crippen molar-refractivity contribution < 1.29 is 4.92 Å². The van der Waals surface area contributed by atoms with Crippen molar-refractivity contribution in [2.75, 3.05) is 25.5 Å². The van der Waals surface area contributed by atoms with Crippen molar-refractivity contribution in [1.29, 1.82) is 0 Å². The first-order valence-electron chi connectivity index (χ1n) is 6.59. The highest BCUT2D eigenvalue weighted by atomic mass is 16.6. The molecule has 1 saturated heterocycles. The number of anilines is 1. The van der Waals surface area contributed by atoms with Gasteiger partial charge in [0.1, 0.15) is 5.69 Å². The molecule has 0 aromatic heterocycles. The van der Waals surface area contributed by atoms with Crippen molar-refractivity contribution >= 4 is 11.4 Å². The molecule has 104 valence electrons. The lowest BCUT2D eigenvalue weighted by molar-refractivity contribution is -0.384. The number of benzene rings is 1. The van der Waals surface area contributed by atoms with Crippen LogP contribution in [0.2, 0.25) is 0 Å². The number of nitro groups is 1. The van der Waals surface area contributed by atoms with Crippen LogP contribution in [0.5, 0.6) is 0 Å². The van der Waals surface area contributed by atoms with Crippen molar-refractivity contribution in [2.45, 2.75) is 26.8 Å². The van der Waals surface area contributed by atoms with Gasteiger partial charge in [-0.2, -0.15) is 0 Å². The Morgan fingerprint density at radius 2 is 2.21 bits per heavy atom. The van der Waals surface area contributed by atoms with E-state index in [9.17, 15) is 10.1 Å². The molecule has 0 unspecified atom stereocenters. The van der Waals surface area contributed by atoms with Crippen LogP contribution in [0, 0.1) is 15.5 Å². The molecular formula is C14H21N3O2. The molecule has 0 spiro atoms. The molecule has 5 heteroatoms. The van der Waals surface area contributed by atoms with E-state index in [1.54, 1.807) is 19.2 Å². The molecule has 19 heavy (non-hydrogen) atoms. The average Bonchev–Trinajstić information content (AvgIpc) is 2.68. The monoisotopic (exact) mass is 263 g/mol. The fourth-order valence-corrected chi connectivity index (χ4v) is 2.76. The number of nitro benzene ring substituents is 1. The highest BCUT2D eigenvalue weighted by Gasteiger charge is 2.29. The van der Waals surface area contributed by atoms with Gasteiger partial charge in [-0.1, -0.05) is 26.0 Å². The van der Waals surface area contributed by atoms with Gasteiger partial charge in [0.25, 0.3) is 5.69 Å². The topological polar surface area (TPSA) is 58.4 Å². The van der Waals surface area contributed by atoms with E-state index in [1.807, 2.05) is 6.07 Å². The van der Waals surface area contributed by atoms with E-state index in [1.165, 1.54) is 6.42 Å². The van der Waals surface area contributed by atoms with E-state index in [0.717, 1.165) is 25.2 Å². The summed E-state index contributed by atoms with van der Waals surface area (Å²) < 4.78 is 0. The highest BCUT2D eigenvalue weighted by molar-refractivity contribution is 5.66. The van der Waals surface area contributed by atoms with E-state index in [2.05, 4.69) is 24.1 Å². The molecule has 0 radical (unpaired) electrons. The van der Waals surface area contributed by atoms with Crippen LogP contribution in [0.3, 0.4) is 0 Å².